The highest BCUT2D eigenvalue weighted by Gasteiger charge is 2.20. The van der Waals surface area contributed by atoms with Crippen LogP contribution in [0.2, 0.25) is 0 Å². The summed E-state index contributed by atoms with van der Waals surface area (Å²) in [5.41, 5.74) is 5.43. The molecule has 1 aliphatic heterocycles. The molecule has 0 saturated carbocycles. The molecule has 0 aliphatic carbocycles. The summed E-state index contributed by atoms with van der Waals surface area (Å²) in [4.78, 5) is 4.40. The fourth-order valence-corrected chi connectivity index (χ4v) is 1.86. The van der Waals surface area contributed by atoms with Crippen molar-refractivity contribution in [3.8, 4) is 0 Å². The number of piperidine rings is 1. The van der Waals surface area contributed by atoms with Crippen molar-refractivity contribution in [2.24, 2.45) is 5.73 Å². The van der Waals surface area contributed by atoms with Crippen molar-refractivity contribution >= 4 is 0 Å². The SMILES string of the molecule is NCCCc1nc(C2CCCNC2)no1. The van der Waals surface area contributed by atoms with Gasteiger partial charge in [-0.2, -0.15) is 4.98 Å². The quantitative estimate of drug-likeness (QED) is 0.753. The van der Waals surface area contributed by atoms with E-state index in [9.17, 15) is 0 Å². The Hall–Kier alpha value is -0.940. The Kier molecular flexibility index (Phi) is 3.69. The summed E-state index contributed by atoms with van der Waals surface area (Å²) in [6, 6.07) is 0. The van der Waals surface area contributed by atoms with Gasteiger partial charge < -0.3 is 15.6 Å². The van der Waals surface area contributed by atoms with E-state index in [-0.39, 0.29) is 0 Å². The molecule has 15 heavy (non-hydrogen) atoms. The third kappa shape index (κ3) is 2.76. The lowest BCUT2D eigenvalue weighted by atomic mass is 9.99. The molecule has 1 aromatic rings. The maximum atomic E-state index is 5.43. The van der Waals surface area contributed by atoms with Crippen molar-refractivity contribution in [3.63, 3.8) is 0 Å². The van der Waals surface area contributed by atoms with Crippen LogP contribution >= 0.6 is 0 Å². The summed E-state index contributed by atoms with van der Waals surface area (Å²) >= 11 is 0. The number of rotatable bonds is 4. The van der Waals surface area contributed by atoms with E-state index >= 15 is 0 Å². The Morgan fingerprint density at radius 1 is 1.53 bits per heavy atom. The van der Waals surface area contributed by atoms with Crippen molar-refractivity contribution in [1.29, 1.82) is 0 Å². The molecule has 3 N–H and O–H groups in total. The molecule has 5 nitrogen and oxygen atoms in total. The van der Waals surface area contributed by atoms with Gasteiger partial charge in [-0.15, -0.1) is 0 Å². The van der Waals surface area contributed by atoms with Gasteiger partial charge in [-0.05, 0) is 32.4 Å². The van der Waals surface area contributed by atoms with Gasteiger partial charge in [0.25, 0.3) is 0 Å². The molecule has 2 rings (SSSR count). The topological polar surface area (TPSA) is 77.0 Å². The molecular weight excluding hydrogens is 192 g/mol. The first-order valence-electron chi connectivity index (χ1n) is 5.63. The second kappa shape index (κ2) is 5.23. The summed E-state index contributed by atoms with van der Waals surface area (Å²) in [6.45, 7) is 2.74. The molecule has 1 unspecified atom stereocenters. The molecule has 2 heterocycles. The number of nitrogens with two attached hydrogens (primary N) is 1. The van der Waals surface area contributed by atoms with Crippen LogP contribution in [0.1, 0.15) is 36.9 Å². The van der Waals surface area contributed by atoms with Gasteiger partial charge in [0.15, 0.2) is 5.82 Å². The Labute approximate surface area is 89.4 Å². The lowest BCUT2D eigenvalue weighted by Crippen LogP contribution is -2.28. The van der Waals surface area contributed by atoms with Crippen LogP contribution in [0.15, 0.2) is 4.52 Å². The number of aromatic nitrogens is 2. The Morgan fingerprint density at radius 3 is 3.20 bits per heavy atom. The monoisotopic (exact) mass is 210 g/mol. The highest BCUT2D eigenvalue weighted by atomic mass is 16.5. The minimum Gasteiger partial charge on any atom is -0.339 e. The molecular formula is C10H18N4O. The molecule has 84 valence electrons. The van der Waals surface area contributed by atoms with Crippen molar-refractivity contribution in [1.82, 2.24) is 15.5 Å². The zero-order valence-corrected chi connectivity index (χ0v) is 8.91. The number of nitrogens with zero attached hydrogens (tertiary/aromatic N) is 2. The van der Waals surface area contributed by atoms with E-state index in [1.54, 1.807) is 0 Å². The van der Waals surface area contributed by atoms with Gasteiger partial charge in [-0.3, -0.25) is 0 Å². The molecule has 1 aromatic heterocycles. The maximum Gasteiger partial charge on any atom is 0.226 e. The summed E-state index contributed by atoms with van der Waals surface area (Å²) in [7, 11) is 0. The average molecular weight is 210 g/mol. The van der Waals surface area contributed by atoms with Gasteiger partial charge in [0.05, 0.1) is 0 Å². The van der Waals surface area contributed by atoms with Gasteiger partial charge in [-0.1, -0.05) is 5.16 Å². The predicted octanol–water partition coefficient (Wildman–Crippen LogP) is 0.428. The maximum absolute atomic E-state index is 5.43. The van der Waals surface area contributed by atoms with Gasteiger partial charge in [0, 0.05) is 18.9 Å². The minimum atomic E-state index is 0.425. The molecule has 1 saturated heterocycles. The van der Waals surface area contributed by atoms with Crippen molar-refractivity contribution in [2.45, 2.75) is 31.6 Å². The molecule has 0 radical (unpaired) electrons. The van der Waals surface area contributed by atoms with Crippen LogP contribution in [0.4, 0.5) is 0 Å². The second-order valence-electron chi connectivity index (χ2n) is 3.98. The van der Waals surface area contributed by atoms with Crippen molar-refractivity contribution in [2.75, 3.05) is 19.6 Å². The third-order valence-corrected chi connectivity index (χ3v) is 2.74. The fourth-order valence-electron chi connectivity index (χ4n) is 1.86. The zero-order valence-electron chi connectivity index (χ0n) is 8.91. The predicted molar refractivity (Wildman–Crippen MR) is 56.5 cm³/mol. The average Bonchev–Trinajstić information content (AvgIpc) is 2.76. The van der Waals surface area contributed by atoms with Crippen LogP contribution in [0, 0.1) is 0 Å². The van der Waals surface area contributed by atoms with Crippen LogP contribution in [0.5, 0.6) is 0 Å². The zero-order chi connectivity index (χ0) is 10.5. The summed E-state index contributed by atoms with van der Waals surface area (Å²) < 4.78 is 5.18. The lowest BCUT2D eigenvalue weighted by molar-refractivity contribution is 0.359. The molecule has 0 amide bonds. The Bertz CT molecular complexity index is 293. The molecule has 1 fully saturated rings. The summed E-state index contributed by atoms with van der Waals surface area (Å²) in [6.07, 6.45) is 4.05. The second-order valence-corrected chi connectivity index (χ2v) is 3.98. The van der Waals surface area contributed by atoms with Crippen LogP contribution in [0.25, 0.3) is 0 Å². The summed E-state index contributed by atoms with van der Waals surface area (Å²) in [5, 5.41) is 7.37. The normalized spacial score (nSPS) is 21.8. The fraction of sp³-hybridized carbons (Fsp3) is 0.800. The lowest BCUT2D eigenvalue weighted by Gasteiger charge is -2.19. The smallest absolute Gasteiger partial charge is 0.226 e. The Balaban J connectivity index is 1.93. The van der Waals surface area contributed by atoms with E-state index in [2.05, 4.69) is 15.5 Å². The van der Waals surface area contributed by atoms with Gasteiger partial charge in [0.2, 0.25) is 5.89 Å². The van der Waals surface area contributed by atoms with Crippen molar-refractivity contribution < 1.29 is 4.52 Å². The van der Waals surface area contributed by atoms with Gasteiger partial charge in [-0.25, -0.2) is 0 Å². The first-order valence-corrected chi connectivity index (χ1v) is 5.63. The highest BCUT2D eigenvalue weighted by Crippen LogP contribution is 2.20. The molecule has 1 aliphatic rings. The number of aryl methyl sites for hydroxylation is 1. The molecule has 1 atom stereocenters. The standard InChI is InChI=1S/C10H18N4O/c11-5-1-4-9-13-10(14-15-9)8-3-2-6-12-7-8/h8,12H,1-7,11H2. The molecule has 0 spiro atoms. The van der Waals surface area contributed by atoms with Crippen LogP contribution < -0.4 is 11.1 Å². The van der Waals surface area contributed by atoms with Crippen LogP contribution in [-0.4, -0.2) is 29.8 Å². The van der Waals surface area contributed by atoms with Gasteiger partial charge >= 0.3 is 0 Å². The van der Waals surface area contributed by atoms with Crippen molar-refractivity contribution in [3.05, 3.63) is 11.7 Å². The van der Waals surface area contributed by atoms with E-state index in [0.29, 0.717) is 12.5 Å². The van der Waals surface area contributed by atoms with Crippen LogP contribution in [-0.2, 0) is 6.42 Å². The van der Waals surface area contributed by atoms with E-state index in [0.717, 1.165) is 44.1 Å². The summed E-state index contributed by atoms with van der Waals surface area (Å²) in [5.74, 6) is 2.00. The van der Waals surface area contributed by atoms with Gasteiger partial charge in [0.1, 0.15) is 0 Å². The van der Waals surface area contributed by atoms with E-state index < -0.39 is 0 Å². The molecule has 5 heteroatoms. The molecule has 0 bridgehead atoms. The number of hydrogen-bond acceptors (Lipinski definition) is 5. The van der Waals surface area contributed by atoms with E-state index in [1.807, 2.05) is 0 Å². The van der Waals surface area contributed by atoms with E-state index in [1.165, 1.54) is 6.42 Å². The largest absolute Gasteiger partial charge is 0.339 e. The number of hydrogen-bond donors (Lipinski definition) is 2. The highest BCUT2D eigenvalue weighted by molar-refractivity contribution is 4.98. The third-order valence-electron chi connectivity index (χ3n) is 2.74. The first-order chi connectivity index (χ1) is 7.40. The Morgan fingerprint density at radius 2 is 2.47 bits per heavy atom. The molecule has 0 aromatic carbocycles. The van der Waals surface area contributed by atoms with Crippen LogP contribution in [0.3, 0.4) is 0 Å². The number of nitrogens with one attached hydrogen (secondary N) is 1. The first kappa shape index (κ1) is 10.6. The van der Waals surface area contributed by atoms with E-state index in [4.69, 9.17) is 10.3 Å². The minimum absolute atomic E-state index is 0.425.